The average molecular weight is 467 g/mol. The summed E-state index contributed by atoms with van der Waals surface area (Å²) in [5, 5.41) is 1.91. The lowest BCUT2D eigenvalue weighted by atomic mass is 10.1. The van der Waals surface area contributed by atoms with Crippen LogP contribution in [0.2, 0.25) is 0 Å². The first-order valence-electron chi connectivity index (χ1n) is 9.20. The summed E-state index contributed by atoms with van der Waals surface area (Å²) < 4.78 is 66.4. The molecule has 31 heavy (non-hydrogen) atoms. The third-order valence-electron chi connectivity index (χ3n) is 5.01. The molecule has 162 valence electrons. The van der Waals surface area contributed by atoms with Gasteiger partial charge in [0.25, 0.3) is 0 Å². The van der Waals surface area contributed by atoms with Crippen LogP contribution in [0.5, 0.6) is 0 Å². The number of pyridine rings is 2. The number of rotatable bonds is 4. The maximum Gasteiger partial charge on any atom is 0.433 e. The van der Waals surface area contributed by atoms with Gasteiger partial charge in [-0.2, -0.15) is 13.2 Å². The number of aromatic nitrogens is 4. The second-order valence-electron chi connectivity index (χ2n) is 6.92. The van der Waals surface area contributed by atoms with Crippen molar-refractivity contribution in [3.05, 3.63) is 46.5 Å². The van der Waals surface area contributed by atoms with Gasteiger partial charge >= 0.3 is 6.18 Å². The number of halogens is 3. The van der Waals surface area contributed by atoms with Crippen molar-refractivity contribution in [1.29, 1.82) is 0 Å². The van der Waals surface area contributed by atoms with Crippen molar-refractivity contribution in [2.75, 3.05) is 5.75 Å². The van der Waals surface area contributed by atoms with E-state index in [1.807, 2.05) is 18.4 Å². The van der Waals surface area contributed by atoms with Gasteiger partial charge in [0.2, 0.25) is 0 Å². The van der Waals surface area contributed by atoms with E-state index in [9.17, 15) is 21.6 Å². The normalized spacial score (nSPS) is 12.6. The van der Waals surface area contributed by atoms with Gasteiger partial charge in [0.1, 0.15) is 11.4 Å². The van der Waals surface area contributed by atoms with E-state index >= 15 is 0 Å². The quantitative estimate of drug-likeness (QED) is 0.428. The lowest BCUT2D eigenvalue weighted by molar-refractivity contribution is -0.141. The van der Waals surface area contributed by atoms with E-state index in [0.29, 0.717) is 11.1 Å². The number of aryl methyl sites for hydroxylation is 2. The Morgan fingerprint density at radius 3 is 2.52 bits per heavy atom. The molecule has 0 saturated carbocycles. The van der Waals surface area contributed by atoms with Gasteiger partial charge < -0.3 is 4.57 Å². The van der Waals surface area contributed by atoms with Crippen LogP contribution in [-0.4, -0.2) is 33.7 Å². The lowest BCUT2D eigenvalue weighted by Gasteiger charge is -2.11. The smallest absolute Gasteiger partial charge is 0.324 e. The minimum absolute atomic E-state index is 0.0134. The van der Waals surface area contributed by atoms with Crippen LogP contribution >= 0.6 is 11.3 Å². The van der Waals surface area contributed by atoms with Crippen LogP contribution in [0, 0.1) is 6.92 Å². The van der Waals surface area contributed by atoms with E-state index in [4.69, 9.17) is 0 Å². The lowest BCUT2D eigenvalue weighted by Crippen LogP contribution is -2.09. The Labute approximate surface area is 180 Å². The molecule has 0 amide bonds. The highest BCUT2D eigenvalue weighted by molar-refractivity contribution is 7.91. The molecule has 0 unspecified atom stereocenters. The highest BCUT2D eigenvalue weighted by atomic mass is 32.2. The summed E-state index contributed by atoms with van der Waals surface area (Å²) in [7, 11) is -2.11. The molecule has 4 aromatic heterocycles. The van der Waals surface area contributed by atoms with Gasteiger partial charge in [-0.15, -0.1) is 11.3 Å². The Bertz CT molecular complexity index is 1410. The van der Waals surface area contributed by atoms with Crippen molar-refractivity contribution in [2.45, 2.75) is 24.9 Å². The molecule has 0 aromatic carbocycles. The van der Waals surface area contributed by atoms with Gasteiger partial charge in [0.05, 0.1) is 27.9 Å². The topological polar surface area (TPSA) is 77.7 Å². The Kier molecular flexibility index (Phi) is 5.13. The molecule has 11 heteroatoms. The minimum Gasteiger partial charge on any atom is -0.324 e. The van der Waals surface area contributed by atoms with E-state index in [-0.39, 0.29) is 27.7 Å². The second kappa shape index (κ2) is 7.41. The van der Waals surface area contributed by atoms with Gasteiger partial charge in [0.15, 0.2) is 15.7 Å². The first-order valence-corrected chi connectivity index (χ1v) is 11.7. The van der Waals surface area contributed by atoms with Crippen LogP contribution in [-0.2, 0) is 23.1 Å². The maximum atomic E-state index is 13.0. The van der Waals surface area contributed by atoms with Crippen LogP contribution in [0.1, 0.15) is 17.5 Å². The third-order valence-corrected chi connectivity index (χ3v) is 7.59. The Hall–Kier alpha value is -2.79. The van der Waals surface area contributed by atoms with Crippen molar-refractivity contribution in [3.8, 4) is 22.6 Å². The molecule has 0 N–H and O–H groups in total. The number of alkyl halides is 3. The molecule has 4 aromatic rings. The zero-order valence-corrected chi connectivity index (χ0v) is 18.4. The summed E-state index contributed by atoms with van der Waals surface area (Å²) in [5.41, 5.74) is 0.935. The largest absolute Gasteiger partial charge is 0.433 e. The van der Waals surface area contributed by atoms with Gasteiger partial charge in [-0.1, -0.05) is 6.92 Å². The number of thiophene rings is 1. The second-order valence-corrected chi connectivity index (χ2v) is 10.3. The van der Waals surface area contributed by atoms with Gasteiger partial charge in [-0.25, -0.2) is 18.4 Å². The number of hydrogen-bond donors (Lipinski definition) is 0. The molecule has 0 saturated heterocycles. The average Bonchev–Trinajstić information content (AvgIpc) is 3.30. The zero-order chi connectivity index (χ0) is 22.6. The maximum absolute atomic E-state index is 13.0. The summed E-state index contributed by atoms with van der Waals surface area (Å²) in [5.74, 6) is -0.00553. The SMILES string of the molecule is CCS(=O)(=O)c1cc(-c2ccsc2C)cnc1-c1nc2cc(C(F)(F)F)ncc2n1C. The first-order chi connectivity index (χ1) is 14.5. The molecule has 0 aliphatic heterocycles. The molecule has 0 spiro atoms. The molecule has 0 aliphatic rings. The van der Waals surface area contributed by atoms with Crippen molar-refractivity contribution >= 4 is 32.2 Å². The van der Waals surface area contributed by atoms with Crippen molar-refractivity contribution in [1.82, 2.24) is 19.5 Å². The van der Waals surface area contributed by atoms with E-state index < -0.39 is 21.7 Å². The number of hydrogen-bond acceptors (Lipinski definition) is 6. The van der Waals surface area contributed by atoms with Crippen molar-refractivity contribution < 1.29 is 21.6 Å². The monoisotopic (exact) mass is 466 g/mol. The summed E-state index contributed by atoms with van der Waals surface area (Å²) in [6, 6.07) is 4.28. The molecule has 0 radical (unpaired) electrons. The Morgan fingerprint density at radius 1 is 1.16 bits per heavy atom. The van der Waals surface area contributed by atoms with Crippen LogP contribution in [0.15, 0.2) is 40.9 Å². The first kappa shape index (κ1) is 21.4. The molecular formula is C20H17F3N4O2S2. The fourth-order valence-corrected chi connectivity index (χ4v) is 5.07. The van der Waals surface area contributed by atoms with E-state index in [1.54, 1.807) is 19.3 Å². The molecule has 4 heterocycles. The minimum atomic E-state index is -4.61. The standard InChI is InChI=1S/C20H17F3N4O2S2/c1-4-31(28,29)16-7-12(13-5-6-30-11(13)2)9-25-18(16)19-26-14-8-17(20(21,22)23)24-10-15(14)27(19)3/h5-10H,4H2,1-3H3. The number of fused-ring (bicyclic) bond motifs is 1. The highest BCUT2D eigenvalue weighted by Gasteiger charge is 2.33. The summed E-state index contributed by atoms with van der Waals surface area (Å²) in [6.07, 6.45) is -1.98. The summed E-state index contributed by atoms with van der Waals surface area (Å²) in [6.45, 7) is 3.45. The van der Waals surface area contributed by atoms with Gasteiger partial charge in [0, 0.05) is 23.7 Å². The van der Waals surface area contributed by atoms with Crippen LogP contribution in [0.4, 0.5) is 13.2 Å². The van der Waals surface area contributed by atoms with Crippen LogP contribution in [0.3, 0.4) is 0 Å². The summed E-state index contributed by atoms with van der Waals surface area (Å²) >= 11 is 1.54. The van der Waals surface area contributed by atoms with E-state index in [0.717, 1.165) is 22.7 Å². The highest BCUT2D eigenvalue weighted by Crippen LogP contribution is 2.35. The fraction of sp³-hybridized carbons (Fsp3) is 0.250. The van der Waals surface area contributed by atoms with Crippen LogP contribution < -0.4 is 0 Å². The molecular weight excluding hydrogens is 449 g/mol. The predicted molar refractivity (Wildman–Crippen MR) is 113 cm³/mol. The van der Waals surface area contributed by atoms with Gasteiger partial charge in [-0.05, 0) is 36.1 Å². The number of nitrogens with zero attached hydrogens (tertiary/aromatic N) is 4. The number of imidazole rings is 1. The van der Waals surface area contributed by atoms with Crippen LogP contribution in [0.25, 0.3) is 33.7 Å². The Morgan fingerprint density at radius 2 is 1.90 bits per heavy atom. The third kappa shape index (κ3) is 3.72. The molecule has 0 aliphatic carbocycles. The summed E-state index contributed by atoms with van der Waals surface area (Å²) in [4.78, 5) is 13.1. The molecule has 6 nitrogen and oxygen atoms in total. The van der Waals surface area contributed by atoms with Crippen molar-refractivity contribution in [2.24, 2.45) is 7.05 Å². The fourth-order valence-electron chi connectivity index (χ4n) is 3.29. The van der Waals surface area contributed by atoms with Crippen molar-refractivity contribution in [3.63, 3.8) is 0 Å². The van der Waals surface area contributed by atoms with Gasteiger partial charge in [-0.3, -0.25) is 4.98 Å². The Balaban J connectivity index is 1.96. The molecule has 0 bridgehead atoms. The molecule has 4 rings (SSSR count). The molecule has 0 fully saturated rings. The van der Waals surface area contributed by atoms with E-state index in [2.05, 4.69) is 15.0 Å². The zero-order valence-electron chi connectivity index (χ0n) is 16.7. The molecule has 0 atom stereocenters. The van der Waals surface area contributed by atoms with E-state index in [1.165, 1.54) is 22.8 Å². The number of sulfone groups is 1. The predicted octanol–water partition coefficient (Wildman–Crippen LogP) is 4.88.